The number of rotatable bonds is 0. The molecule has 2 bridgehead atoms. The summed E-state index contributed by atoms with van der Waals surface area (Å²) in [7, 11) is 0. The van der Waals surface area contributed by atoms with Crippen LogP contribution < -0.4 is 0 Å². The Morgan fingerprint density at radius 2 is 2.11 bits per heavy atom. The molecule has 0 aromatic rings. The highest BCUT2D eigenvalue weighted by molar-refractivity contribution is 4.94. The van der Waals surface area contributed by atoms with Crippen LogP contribution in [0.3, 0.4) is 0 Å². The minimum Gasteiger partial charge on any atom is -0.0458 e. The van der Waals surface area contributed by atoms with Gasteiger partial charge in [-0.25, -0.2) is 0 Å². The smallest absolute Gasteiger partial charge is 0.0458 e. The molecule has 2 rings (SSSR count). The maximum absolute atomic E-state index is 2.57. The summed E-state index contributed by atoms with van der Waals surface area (Å²) in [4.78, 5) is 0. The maximum atomic E-state index is 2.57. The average molecular weight is 123 g/mol. The van der Waals surface area contributed by atoms with Crippen molar-refractivity contribution in [2.75, 3.05) is 0 Å². The topological polar surface area (TPSA) is 0 Å². The number of hydrogen-bond acceptors (Lipinski definition) is 0. The van der Waals surface area contributed by atoms with E-state index in [1.165, 1.54) is 25.7 Å². The Balaban J connectivity index is 2.03. The van der Waals surface area contributed by atoms with Gasteiger partial charge in [-0.15, -0.1) is 0 Å². The first kappa shape index (κ1) is 5.64. The summed E-state index contributed by atoms with van der Waals surface area (Å²) in [6, 6.07) is 0. The molecule has 50 valence electrons. The first-order valence-electron chi connectivity index (χ1n) is 4.19. The van der Waals surface area contributed by atoms with E-state index in [4.69, 9.17) is 0 Å². The fourth-order valence-electron chi connectivity index (χ4n) is 2.57. The van der Waals surface area contributed by atoms with Crippen LogP contribution in [0.1, 0.15) is 32.6 Å². The lowest BCUT2D eigenvalue weighted by molar-refractivity contribution is 0.354. The van der Waals surface area contributed by atoms with Crippen LogP contribution in [-0.4, -0.2) is 0 Å². The van der Waals surface area contributed by atoms with Crippen LogP contribution in [0, 0.1) is 24.2 Å². The fraction of sp³-hybridized carbons (Fsp3) is 0.889. The van der Waals surface area contributed by atoms with E-state index in [2.05, 4.69) is 13.3 Å². The second-order valence-electron chi connectivity index (χ2n) is 3.84. The summed E-state index contributed by atoms with van der Waals surface area (Å²) in [6.45, 7) is 2.37. The van der Waals surface area contributed by atoms with Crippen molar-refractivity contribution < 1.29 is 0 Å². The van der Waals surface area contributed by atoms with Crippen molar-refractivity contribution >= 4 is 0 Å². The van der Waals surface area contributed by atoms with Gasteiger partial charge in [0.2, 0.25) is 0 Å². The monoisotopic (exact) mass is 123 g/mol. The quantitative estimate of drug-likeness (QED) is 0.434. The summed E-state index contributed by atoms with van der Waals surface area (Å²) in [5.41, 5.74) is 0. The van der Waals surface area contributed by atoms with Gasteiger partial charge >= 0.3 is 0 Å². The minimum atomic E-state index is 0.927. The lowest BCUT2D eigenvalue weighted by Gasteiger charge is -2.16. The van der Waals surface area contributed by atoms with Gasteiger partial charge < -0.3 is 0 Å². The van der Waals surface area contributed by atoms with Gasteiger partial charge in [0.05, 0.1) is 18.3 Å². The van der Waals surface area contributed by atoms with E-state index < -0.39 is 0 Å². The number of fused-ring (bicyclic) bond motifs is 2. The molecule has 0 N–H and O–H groups in total. The maximum Gasteiger partial charge on any atom is 0.0983 e. The third-order valence-electron chi connectivity index (χ3n) is 2.89. The van der Waals surface area contributed by atoms with Crippen molar-refractivity contribution in [3.8, 4) is 0 Å². The zero-order valence-corrected chi connectivity index (χ0v) is 6.14. The van der Waals surface area contributed by atoms with Gasteiger partial charge in [-0.1, -0.05) is 0 Å². The molecule has 0 nitrogen and oxygen atoms in total. The third kappa shape index (κ3) is 0.953. The highest BCUT2D eigenvalue weighted by Crippen LogP contribution is 2.43. The summed E-state index contributed by atoms with van der Waals surface area (Å²) in [6.07, 6.45) is 8.59. The molecule has 0 aliphatic heterocycles. The van der Waals surface area contributed by atoms with Crippen molar-refractivity contribution in [1.29, 1.82) is 0 Å². The lowest BCUT2D eigenvalue weighted by Crippen LogP contribution is -2.13. The van der Waals surface area contributed by atoms with Gasteiger partial charge in [0.25, 0.3) is 0 Å². The number of hydrogen-bond donors (Lipinski definition) is 0. The molecule has 0 heteroatoms. The minimum absolute atomic E-state index is 0.927. The molecule has 2 aliphatic rings. The van der Waals surface area contributed by atoms with Gasteiger partial charge in [-0.2, -0.15) is 0 Å². The van der Waals surface area contributed by atoms with Gasteiger partial charge in [-0.05, 0) is 38.5 Å². The zero-order valence-electron chi connectivity index (χ0n) is 6.14. The Kier molecular flexibility index (Phi) is 1.21. The van der Waals surface area contributed by atoms with Gasteiger partial charge in [0.1, 0.15) is 0 Å². The van der Waals surface area contributed by atoms with E-state index in [1.807, 2.05) is 0 Å². The zero-order chi connectivity index (χ0) is 6.27. The first-order valence-corrected chi connectivity index (χ1v) is 4.19. The van der Waals surface area contributed by atoms with E-state index in [0.29, 0.717) is 0 Å². The predicted octanol–water partition coefficient (Wildman–Crippen LogP) is 2.65. The lowest BCUT2D eigenvalue weighted by atomic mass is 9.82. The Morgan fingerprint density at radius 1 is 1.22 bits per heavy atom. The fourth-order valence-corrected chi connectivity index (χ4v) is 2.57. The summed E-state index contributed by atoms with van der Waals surface area (Å²) < 4.78 is 0. The largest absolute Gasteiger partial charge is 0.0983 e. The molecule has 0 aromatic carbocycles. The Morgan fingerprint density at radius 3 is 2.89 bits per heavy atom. The molecule has 0 saturated heterocycles. The Hall–Kier alpha value is -0.130. The van der Waals surface area contributed by atoms with E-state index in [-0.39, 0.29) is 0 Å². The average Bonchev–Trinajstić information content (AvgIpc) is 2.11. The molecule has 0 radical (unpaired) electrons. The second kappa shape index (κ2) is 1.93. The van der Waals surface area contributed by atoms with Crippen molar-refractivity contribution in [3.05, 3.63) is 6.42 Å². The first-order chi connectivity index (χ1) is 4.34. The third-order valence-corrected chi connectivity index (χ3v) is 2.89. The van der Waals surface area contributed by atoms with Crippen LogP contribution in [0.5, 0.6) is 0 Å². The molecule has 0 spiro atoms. The molecule has 0 heterocycles. The second-order valence-corrected chi connectivity index (χ2v) is 3.84. The van der Waals surface area contributed by atoms with Crippen LogP contribution in [0.15, 0.2) is 0 Å². The molecule has 2 aliphatic carbocycles. The van der Waals surface area contributed by atoms with E-state index in [0.717, 1.165) is 17.8 Å². The van der Waals surface area contributed by atoms with Crippen LogP contribution in [0.2, 0.25) is 0 Å². The molecule has 2 saturated carbocycles. The van der Waals surface area contributed by atoms with Crippen LogP contribution in [0.25, 0.3) is 0 Å². The van der Waals surface area contributed by atoms with Crippen molar-refractivity contribution in [3.63, 3.8) is 0 Å². The standard InChI is InChI=1S/C9H15/c1-7-4-8-2-3-9(5-7)6-8/h4,7-9H,2-3,5-6H2,1H3/q+1/t7-,8+,9-/m0/s1. The molecule has 0 amide bonds. The van der Waals surface area contributed by atoms with Crippen molar-refractivity contribution in [2.24, 2.45) is 17.8 Å². The van der Waals surface area contributed by atoms with Crippen molar-refractivity contribution in [2.45, 2.75) is 32.6 Å². The summed E-state index contributed by atoms with van der Waals surface area (Å²) >= 11 is 0. The summed E-state index contributed by atoms with van der Waals surface area (Å²) in [5.74, 6) is 3.05. The van der Waals surface area contributed by atoms with Crippen LogP contribution in [-0.2, 0) is 0 Å². The Bertz CT molecular complexity index is 94.6. The van der Waals surface area contributed by atoms with Crippen molar-refractivity contribution in [1.82, 2.24) is 0 Å². The summed E-state index contributed by atoms with van der Waals surface area (Å²) in [5, 5.41) is 0. The molecule has 0 unspecified atom stereocenters. The highest BCUT2D eigenvalue weighted by Gasteiger charge is 2.38. The molecular weight excluding hydrogens is 108 g/mol. The van der Waals surface area contributed by atoms with E-state index in [1.54, 1.807) is 0 Å². The normalized spacial score (nSPS) is 48.8. The molecule has 9 heavy (non-hydrogen) atoms. The van der Waals surface area contributed by atoms with Crippen LogP contribution in [0.4, 0.5) is 0 Å². The SMILES string of the molecule is C[C@H]1[CH+][C@H]2CC[C@H](C2)C1. The predicted molar refractivity (Wildman–Crippen MR) is 38.9 cm³/mol. The van der Waals surface area contributed by atoms with Gasteiger partial charge in [0, 0.05) is 0 Å². The van der Waals surface area contributed by atoms with Crippen LogP contribution >= 0.6 is 0 Å². The van der Waals surface area contributed by atoms with Gasteiger partial charge in [0.15, 0.2) is 0 Å². The van der Waals surface area contributed by atoms with Gasteiger partial charge in [-0.3, -0.25) is 0 Å². The molecular formula is C9H15+. The Labute approximate surface area is 57.6 Å². The van der Waals surface area contributed by atoms with E-state index in [9.17, 15) is 0 Å². The van der Waals surface area contributed by atoms with E-state index >= 15 is 0 Å². The molecule has 3 atom stereocenters. The molecule has 0 aromatic heterocycles. The molecule has 2 fully saturated rings. The highest BCUT2D eigenvalue weighted by atomic mass is 14.4.